The molecule has 1 aliphatic heterocycles. The van der Waals surface area contributed by atoms with Crippen molar-refractivity contribution in [1.29, 1.82) is 0 Å². The molecule has 9 heavy (non-hydrogen) atoms. The molecule has 1 rings (SSSR count). The van der Waals surface area contributed by atoms with Gasteiger partial charge in [0.15, 0.2) is 5.70 Å². The summed E-state index contributed by atoms with van der Waals surface area (Å²) in [5, 5.41) is 10.8. The highest BCUT2D eigenvalue weighted by molar-refractivity contribution is 5.85. The summed E-state index contributed by atoms with van der Waals surface area (Å²) in [6, 6.07) is 0. The zero-order chi connectivity index (χ0) is 6.69. The largest absolute Gasteiger partial charge is 0.476 e. The van der Waals surface area contributed by atoms with Crippen LogP contribution in [0.4, 0.5) is 0 Å². The van der Waals surface area contributed by atoms with Crippen LogP contribution >= 0.6 is 0 Å². The lowest BCUT2D eigenvalue weighted by molar-refractivity contribution is -0.133. The standard InChI is InChI=1S/C5H5NO3/c7-5(8)4-3-9-2-1-6-4/h1-3,6H,(H,7,8). The van der Waals surface area contributed by atoms with E-state index in [4.69, 9.17) is 5.11 Å². The highest BCUT2D eigenvalue weighted by atomic mass is 16.5. The van der Waals surface area contributed by atoms with E-state index in [0.29, 0.717) is 0 Å². The molecule has 1 heterocycles. The van der Waals surface area contributed by atoms with E-state index in [9.17, 15) is 4.79 Å². The van der Waals surface area contributed by atoms with Crippen molar-refractivity contribution in [2.75, 3.05) is 0 Å². The molecule has 4 nitrogen and oxygen atoms in total. The minimum atomic E-state index is -1.03. The Kier molecular flexibility index (Phi) is 1.40. The first kappa shape index (κ1) is 5.68. The first-order valence-electron chi connectivity index (χ1n) is 2.31. The van der Waals surface area contributed by atoms with Crippen LogP contribution in [-0.4, -0.2) is 11.1 Å². The molecule has 0 saturated carbocycles. The summed E-state index contributed by atoms with van der Waals surface area (Å²) in [7, 11) is 0. The van der Waals surface area contributed by atoms with E-state index in [1.54, 1.807) is 0 Å². The van der Waals surface area contributed by atoms with E-state index in [1.807, 2.05) is 0 Å². The molecule has 0 aromatic heterocycles. The molecular weight excluding hydrogens is 122 g/mol. The van der Waals surface area contributed by atoms with Crippen molar-refractivity contribution in [2.45, 2.75) is 0 Å². The molecule has 0 amide bonds. The molecule has 0 atom stereocenters. The normalized spacial score (nSPS) is 15.3. The second-order valence-corrected chi connectivity index (χ2v) is 1.42. The van der Waals surface area contributed by atoms with Crippen molar-refractivity contribution in [1.82, 2.24) is 5.32 Å². The van der Waals surface area contributed by atoms with E-state index >= 15 is 0 Å². The molecule has 0 saturated heterocycles. The topological polar surface area (TPSA) is 58.6 Å². The molecule has 4 heteroatoms. The number of hydrogen-bond donors (Lipinski definition) is 2. The quantitative estimate of drug-likeness (QED) is 0.520. The van der Waals surface area contributed by atoms with Crippen LogP contribution in [-0.2, 0) is 9.53 Å². The number of rotatable bonds is 1. The Hall–Kier alpha value is -1.45. The third-order valence-corrected chi connectivity index (χ3v) is 0.802. The number of ether oxygens (including phenoxy) is 1. The molecule has 0 fully saturated rings. The fourth-order valence-corrected chi connectivity index (χ4v) is 0.417. The van der Waals surface area contributed by atoms with Crippen molar-refractivity contribution in [2.24, 2.45) is 0 Å². The molecule has 0 aromatic rings. The van der Waals surface area contributed by atoms with Crippen LogP contribution in [0, 0.1) is 0 Å². The van der Waals surface area contributed by atoms with Gasteiger partial charge < -0.3 is 15.2 Å². The number of nitrogens with one attached hydrogen (secondary N) is 1. The van der Waals surface area contributed by atoms with Gasteiger partial charge in [-0.25, -0.2) is 4.79 Å². The Morgan fingerprint density at radius 2 is 2.56 bits per heavy atom. The van der Waals surface area contributed by atoms with Crippen LogP contribution in [0.1, 0.15) is 0 Å². The fraction of sp³-hybridized carbons (Fsp3) is 0. The van der Waals surface area contributed by atoms with Gasteiger partial charge in [0.1, 0.15) is 12.5 Å². The number of hydrogen-bond acceptors (Lipinski definition) is 3. The summed E-state index contributed by atoms with van der Waals surface area (Å²) in [5.74, 6) is -1.03. The average Bonchev–Trinajstić information content (AvgIpc) is 1.90. The van der Waals surface area contributed by atoms with E-state index in [-0.39, 0.29) is 5.70 Å². The van der Waals surface area contributed by atoms with E-state index in [2.05, 4.69) is 10.1 Å². The maximum absolute atomic E-state index is 10.1. The Morgan fingerprint density at radius 1 is 1.78 bits per heavy atom. The third kappa shape index (κ3) is 1.22. The highest BCUT2D eigenvalue weighted by Crippen LogP contribution is 1.95. The van der Waals surface area contributed by atoms with Crippen molar-refractivity contribution in [3.05, 3.63) is 24.4 Å². The van der Waals surface area contributed by atoms with Crippen LogP contribution in [0.2, 0.25) is 0 Å². The summed E-state index contributed by atoms with van der Waals surface area (Å²) < 4.78 is 4.56. The lowest BCUT2D eigenvalue weighted by Gasteiger charge is -2.04. The number of carboxylic acid groups (broad SMARTS) is 1. The molecule has 1 aliphatic rings. The molecule has 2 N–H and O–H groups in total. The van der Waals surface area contributed by atoms with Crippen LogP contribution in [0.3, 0.4) is 0 Å². The predicted octanol–water partition coefficient (Wildman–Crippen LogP) is 0.00340. The van der Waals surface area contributed by atoms with Gasteiger partial charge in [-0.05, 0) is 0 Å². The van der Waals surface area contributed by atoms with Gasteiger partial charge in [-0.3, -0.25) is 0 Å². The molecule has 0 spiro atoms. The van der Waals surface area contributed by atoms with E-state index in [1.165, 1.54) is 12.5 Å². The molecule has 0 radical (unpaired) electrons. The van der Waals surface area contributed by atoms with Crippen molar-refractivity contribution < 1.29 is 14.6 Å². The Labute approximate surface area is 51.4 Å². The first-order valence-corrected chi connectivity index (χ1v) is 2.31. The maximum Gasteiger partial charge on any atom is 0.355 e. The zero-order valence-corrected chi connectivity index (χ0v) is 4.50. The van der Waals surface area contributed by atoms with Gasteiger partial charge in [0.2, 0.25) is 0 Å². The summed E-state index contributed by atoms with van der Waals surface area (Å²) >= 11 is 0. The Morgan fingerprint density at radius 3 is 2.89 bits per heavy atom. The summed E-state index contributed by atoms with van der Waals surface area (Å²) in [4.78, 5) is 10.1. The van der Waals surface area contributed by atoms with Crippen LogP contribution in [0.5, 0.6) is 0 Å². The Bertz CT molecular complexity index is 183. The van der Waals surface area contributed by atoms with Gasteiger partial charge >= 0.3 is 5.97 Å². The molecule has 48 valence electrons. The van der Waals surface area contributed by atoms with Crippen LogP contribution in [0.15, 0.2) is 24.4 Å². The predicted molar refractivity (Wildman–Crippen MR) is 29.1 cm³/mol. The number of aliphatic carboxylic acids is 1. The number of carboxylic acids is 1. The van der Waals surface area contributed by atoms with E-state index < -0.39 is 5.97 Å². The minimum absolute atomic E-state index is 0.0394. The second kappa shape index (κ2) is 2.21. The van der Waals surface area contributed by atoms with Crippen molar-refractivity contribution in [3.63, 3.8) is 0 Å². The van der Waals surface area contributed by atoms with E-state index in [0.717, 1.165) is 6.26 Å². The third-order valence-electron chi connectivity index (χ3n) is 0.802. The fourth-order valence-electron chi connectivity index (χ4n) is 0.417. The van der Waals surface area contributed by atoms with Gasteiger partial charge in [0.05, 0.1) is 0 Å². The van der Waals surface area contributed by atoms with Gasteiger partial charge in [0, 0.05) is 6.20 Å². The summed E-state index contributed by atoms with van der Waals surface area (Å²) in [5.41, 5.74) is 0.0394. The Balaban J connectivity index is 2.61. The minimum Gasteiger partial charge on any atom is -0.476 e. The smallest absolute Gasteiger partial charge is 0.355 e. The lowest BCUT2D eigenvalue weighted by Crippen LogP contribution is -2.16. The second-order valence-electron chi connectivity index (χ2n) is 1.42. The van der Waals surface area contributed by atoms with Gasteiger partial charge in [-0.15, -0.1) is 0 Å². The molecular formula is C5H5NO3. The summed E-state index contributed by atoms with van der Waals surface area (Å²) in [6.07, 6.45) is 3.89. The van der Waals surface area contributed by atoms with Gasteiger partial charge in [-0.2, -0.15) is 0 Å². The molecule has 0 bridgehead atoms. The first-order chi connectivity index (χ1) is 4.30. The average molecular weight is 127 g/mol. The van der Waals surface area contributed by atoms with Crippen molar-refractivity contribution >= 4 is 5.97 Å². The van der Waals surface area contributed by atoms with Gasteiger partial charge in [-0.1, -0.05) is 0 Å². The van der Waals surface area contributed by atoms with Crippen molar-refractivity contribution in [3.8, 4) is 0 Å². The zero-order valence-electron chi connectivity index (χ0n) is 4.50. The van der Waals surface area contributed by atoms with Crippen LogP contribution < -0.4 is 5.32 Å². The molecule has 0 aliphatic carbocycles. The molecule has 0 aromatic carbocycles. The molecule has 0 unspecified atom stereocenters. The lowest BCUT2D eigenvalue weighted by atomic mass is 10.5. The number of carbonyl (C=O) groups is 1. The maximum atomic E-state index is 10.1. The van der Waals surface area contributed by atoms with Crippen LogP contribution in [0.25, 0.3) is 0 Å². The summed E-state index contributed by atoms with van der Waals surface area (Å²) in [6.45, 7) is 0. The monoisotopic (exact) mass is 127 g/mol. The van der Waals surface area contributed by atoms with Gasteiger partial charge in [0.25, 0.3) is 0 Å². The SMILES string of the molecule is O=C(O)C1=COC=CN1. The highest BCUT2D eigenvalue weighted by Gasteiger charge is 2.06.